The predicted molar refractivity (Wildman–Crippen MR) is 82.3 cm³/mol. The van der Waals surface area contributed by atoms with Crippen LogP contribution in [0.3, 0.4) is 0 Å². The van der Waals surface area contributed by atoms with Crippen LogP contribution >= 0.6 is 11.8 Å². The van der Waals surface area contributed by atoms with Crippen LogP contribution in [0.1, 0.15) is 35.6 Å². The second-order valence-corrected chi connectivity index (χ2v) is 6.11. The second kappa shape index (κ2) is 5.81. The molecular weight excluding hydrogens is 250 g/mol. The Morgan fingerprint density at radius 3 is 2.74 bits per heavy atom. The molecule has 2 aromatic rings. The van der Waals surface area contributed by atoms with Gasteiger partial charge in [0.2, 0.25) is 0 Å². The minimum Gasteiger partial charge on any atom is -0.324 e. The minimum absolute atomic E-state index is 0.237. The van der Waals surface area contributed by atoms with Crippen molar-refractivity contribution in [3.8, 4) is 0 Å². The van der Waals surface area contributed by atoms with Crippen LogP contribution in [0.25, 0.3) is 0 Å². The standard InChI is InChI=1S/C17H19NS/c18-16-10-4-9-15-14(16)8-5-11-17(15)19-12-13-6-2-1-3-7-13/h1-3,5-8,11,16H,4,9-10,12,18H2. The molecule has 2 aromatic carbocycles. The molecule has 0 radical (unpaired) electrons. The number of benzene rings is 2. The predicted octanol–water partition coefficient (Wildman–Crippen LogP) is 4.32. The normalized spacial score (nSPS) is 18.1. The summed E-state index contributed by atoms with van der Waals surface area (Å²) in [5.41, 5.74) is 10.4. The smallest absolute Gasteiger partial charge is 0.0298 e. The maximum Gasteiger partial charge on any atom is 0.0298 e. The molecule has 98 valence electrons. The van der Waals surface area contributed by atoms with Crippen molar-refractivity contribution in [1.82, 2.24) is 0 Å². The Labute approximate surface area is 119 Å². The van der Waals surface area contributed by atoms with Gasteiger partial charge in [-0.15, -0.1) is 11.8 Å². The van der Waals surface area contributed by atoms with Crippen molar-refractivity contribution in [2.45, 2.75) is 36.0 Å². The number of nitrogens with two attached hydrogens (primary N) is 1. The van der Waals surface area contributed by atoms with Gasteiger partial charge in [0.05, 0.1) is 0 Å². The molecule has 1 atom stereocenters. The van der Waals surface area contributed by atoms with Crippen LogP contribution in [-0.4, -0.2) is 0 Å². The van der Waals surface area contributed by atoms with Crippen LogP contribution in [0.15, 0.2) is 53.4 Å². The van der Waals surface area contributed by atoms with Crippen molar-refractivity contribution in [1.29, 1.82) is 0 Å². The van der Waals surface area contributed by atoms with E-state index in [9.17, 15) is 0 Å². The number of rotatable bonds is 3. The van der Waals surface area contributed by atoms with Gasteiger partial charge in [0, 0.05) is 16.7 Å². The molecule has 0 amide bonds. The lowest BCUT2D eigenvalue weighted by Gasteiger charge is -2.24. The van der Waals surface area contributed by atoms with Gasteiger partial charge in [-0.05, 0) is 42.0 Å². The molecule has 0 saturated carbocycles. The monoisotopic (exact) mass is 269 g/mol. The Bertz CT molecular complexity index is 550. The lowest BCUT2D eigenvalue weighted by molar-refractivity contribution is 0.564. The van der Waals surface area contributed by atoms with Crippen molar-refractivity contribution in [2.24, 2.45) is 5.73 Å². The summed E-state index contributed by atoms with van der Waals surface area (Å²) in [5, 5.41) is 0. The van der Waals surface area contributed by atoms with E-state index in [1.165, 1.54) is 34.4 Å². The van der Waals surface area contributed by atoms with Gasteiger partial charge >= 0.3 is 0 Å². The molecule has 0 saturated heterocycles. The lowest BCUT2D eigenvalue weighted by Crippen LogP contribution is -2.17. The van der Waals surface area contributed by atoms with Crippen LogP contribution in [0.5, 0.6) is 0 Å². The fourth-order valence-electron chi connectivity index (χ4n) is 2.72. The fourth-order valence-corrected chi connectivity index (χ4v) is 3.81. The van der Waals surface area contributed by atoms with Gasteiger partial charge in [0.1, 0.15) is 0 Å². The Morgan fingerprint density at radius 2 is 1.89 bits per heavy atom. The molecule has 1 unspecified atom stereocenters. The van der Waals surface area contributed by atoms with Crippen LogP contribution in [-0.2, 0) is 12.2 Å². The first-order valence-electron chi connectivity index (χ1n) is 6.88. The van der Waals surface area contributed by atoms with Crippen LogP contribution in [0.2, 0.25) is 0 Å². The molecule has 2 N–H and O–H groups in total. The zero-order valence-corrected chi connectivity index (χ0v) is 11.8. The highest BCUT2D eigenvalue weighted by molar-refractivity contribution is 7.98. The van der Waals surface area contributed by atoms with Gasteiger partial charge in [-0.25, -0.2) is 0 Å². The summed E-state index contributed by atoms with van der Waals surface area (Å²) >= 11 is 1.93. The summed E-state index contributed by atoms with van der Waals surface area (Å²) in [6.07, 6.45) is 3.53. The molecule has 0 aromatic heterocycles. The molecule has 1 aliphatic rings. The summed E-state index contributed by atoms with van der Waals surface area (Å²) in [5.74, 6) is 1.03. The number of hydrogen-bond donors (Lipinski definition) is 1. The highest BCUT2D eigenvalue weighted by Gasteiger charge is 2.19. The van der Waals surface area contributed by atoms with E-state index in [-0.39, 0.29) is 6.04 Å². The molecule has 0 spiro atoms. The molecule has 3 rings (SSSR count). The van der Waals surface area contributed by atoms with Gasteiger partial charge in [-0.1, -0.05) is 42.5 Å². The quantitative estimate of drug-likeness (QED) is 0.840. The van der Waals surface area contributed by atoms with E-state index in [0.717, 1.165) is 12.2 Å². The average Bonchev–Trinajstić information content (AvgIpc) is 2.47. The maximum atomic E-state index is 6.21. The highest BCUT2D eigenvalue weighted by atomic mass is 32.2. The van der Waals surface area contributed by atoms with E-state index in [1.54, 1.807) is 0 Å². The summed E-state index contributed by atoms with van der Waals surface area (Å²) in [6, 6.07) is 17.5. The van der Waals surface area contributed by atoms with Crippen LogP contribution < -0.4 is 5.73 Å². The molecule has 0 fully saturated rings. The maximum absolute atomic E-state index is 6.21. The molecule has 0 bridgehead atoms. The van der Waals surface area contributed by atoms with Gasteiger partial charge in [0.15, 0.2) is 0 Å². The molecule has 2 heteroatoms. The molecule has 1 aliphatic carbocycles. The lowest BCUT2D eigenvalue weighted by atomic mass is 9.88. The first-order valence-corrected chi connectivity index (χ1v) is 7.87. The third kappa shape index (κ3) is 2.85. The van der Waals surface area contributed by atoms with Gasteiger partial charge in [0.25, 0.3) is 0 Å². The SMILES string of the molecule is NC1CCCc2c(SCc3ccccc3)cccc21. The van der Waals surface area contributed by atoms with E-state index in [2.05, 4.69) is 48.5 Å². The zero-order valence-electron chi connectivity index (χ0n) is 11.0. The van der Waals surface area contributed by atoms with Gasteiger partial charge < -0.3 is 5.73 Å². The van der Waals surface area contributed by atoms with E-state index >= 15 is 0 Å². The Balaban J connectivity index is 1.80. The van der Waals surface area contributed by atoms with Crippen molar-refractivity contribution >= 4 is 11.8 Å². The van der Waals surface area contributed by atoms with E-state index in [4.69, 9.17) is 5.73 Å². The molecule has 19 heavy (non-hydrogen) atoms. The number of fused-ring (bicyclic) bond motifs is 1. The third-order valence-corrected chi connectivity index (χ3v) is 4.92. The highest BCUT2D eigenvalue weighted by Crippen LogP contribution is 2.35. The summed E-state index contributed by atoms with van der Waals surface area (Å²) in [6.45, 7) is 0. The molecular formula is C17H19NS. The third-order valence-electron chi connectivity index (χ3n) is 3.75. The van der Waals surface area contributed by atoms with Crippen LogP contribution in [0.4, 0.5) is 0 Å². The van der Waals surface area contributed by atoms with Crippen molar-refractivity contribution in [2.75, 3.05) is 0 Å². The Kier molecular flexibility index (Phi) is 3.90. The van der Waals surface area contributed by atoms with Gasteiger partial charge in [-0.2, -0.15) is 0 Å². The first kappa shape index (κ1) is 12.8. The average molecular weight is 269 g/mol. The number of thioether (sulfide) groups is 1. The largest absolute Gasteiger partial charge is 0.324 e. The van der Waals surface area contributed by atoms with Crippen LogP contribution in [0, 0.1) is 0 Å². The molecule has 0 aliphatic heterocycles. The van der Waals surface area contributed by atoms with E-state index in [1.807, 2.05) is 11.8 Å². The zero-order chi connectivity index (χ0) is 13.1. The topological polar surface area (TPSA) is 26.0 Å². The van der Waals surface area contributed by atoms with Crippen molar-refractivity contribution in [3.63, 3.8) is 0 Å². The second-order valence-electron chi connectivity index (χ2n) is 5.10. The van der Waals surface area contributed by atoms with E-state index < -0.39 is 0 Å². The Hall–Kier alpha value is -1.25. The fraction of sp³-hybridized carbons (Fsp3) is 0.294. The number of hydrogen-bond acceptors (Lipinski definition) is 2. The molecule has 0 heterocycles. The minimum atomic E-state index is 0.237. The Morgan fingerprint density at radius 1 is 1.05 bits per heavy atom. The van der Waals surface area contributed by atoms with Crippen molar-refractivity contribution in [3.05, 3.63) is 65.2 Å². The molecule has 1 nitrogen and oxygen atoms in total. The summed E-state index contributed by atoms with van der Waals surface area (Å²) in [7, 11) is 0. The van der Waals surface area contributed by atoms with Gasteiger partial charge in [-0.3, -0.25) is 0 Å². The van der Waals surface area contributed by atoms with Crippen molar-refractivity contribution < 1.29 is 0 Å². The first-order chi connectivity index (χ1) is 9.34. The summed E-state index contributed by atoms with van der Waals surface area (Å²) in [4.78, 5) is 1.41. The summed E-state index contributed by atoms with van der Waals surface area (Å²) < 4.78 is 0. The van der Waals surface area contributed by atoms with E-state index in [0.29, 0.717) is 0 Å².